The minimum Gasteiger partial charge on any atom is -0.507 e. The molecule has 0 aliphatic heterocycles. The first-order valence-corrected chi connectivity index (χ1v) is 6.74. The summed E-state index contributed by atoms with van der Waals surface area (Å²) in [6.07, 6.45) is 5.14. The van der Waals surface area contributed by atoms with Crippen LogP contribution in [0.4, 0.5) is 0 Å². The number of aliphatic imine (C=N–C) groups is 1. The fraction of sp³-hybridized carbons (Fsp3) is 0.562. The van der Waals surface area contributed by atoms with Gasteiger partial charge in [0.1, 0.15) is 5.75 Å². The Balaban J connectivity index is 2.68. The fourth-order valence-corrected chi connectivity index (χ4v) is 1.65. The van der Waals surface area contributed by atoms with Crippen LogP contribution in [0.5, 0.6) is 5.75 Å². The van der Waals surface area contributed by atoms with Gasteiger partial charge in [0.15, 0.2) is 0 Å². The summed E-state index contributed by atoms with van der Waals surface area (Å²) in [5.74, 6) is 0.335. The molecule has 0 radical (unpaired) electrons. The summed E-state index contributed by atoms with van der Waals surface area (Å²) >= 11 is 0. The number of unbranched alkanes of at least 4 members (excludes halogenated alkanes) is 1. The van der Waals surface area contributed by atoms with Crippen molar-refractivity contribution in [2.45, 2.75) is 47.0 Å². The first kappa shape index (κ1) is 14.7. The third kappa shape index (κ3) is 5.35. The van der Waals surface area contributed by atoms with Crippen LogP contribution in [0.1, 0.15) is 51.7 Å². The Hall–Kier alpha value is -1.31. The molecule has 0 aliphatic rings. The summed E-state index contributed by atoms with van der Waals surface area (Å²) < 4.78 is 0. The zero-order valence-corrected chi connectivity index (χ0v) is 12.0. The van der Waals surface area contributed by atoms with E-state index in [1.165, 1.54) is 12.0 Å². The summed E-state index contributed by atoms with van der Waals surface area (Å²) in [5.41, 5.74) is 2.19. The van der Waals surface area contributed by atoms with Crippen LogP contribution in [0.2, 0.25) is 0 Å². The first-order valence-electron chi connectivity index (χ1n) is 6.74. The van der Waals surface area contributed by atoms with E-state index in [1.54, 1.807) is 6.21 Å². The monoisotopic (exact) mass is 247 g/mol. The molecular weight excluding hydrogens is 222 g/mol. The molecule has 1 rings (SSSR count). The SMILES string of the molecule is CCCCc1ccc(C=NCC(C)(C)C)c(O)c1. The van der Waals surface area contributed by atoms with Gasteiger partial charge in [-0.25, -0.2) is 0 Å². The van der Waals surface area contributed by atoms with Gasteiger partial charge in [-0.15, -0.1) is 0 Å². The number of benzene rings is 1. The highest BCUT2D eigenvalue weighted by Gasteiger charge is 2.08. The molecular formula is C16H25NO. The van der Waals surface area contributed by atoms with Crippen molar-refractivity contribution >= 4 is 6.21 Å². The molecule has 0 saturated carbocycles. The summed E-state index contributed by atoms with van der Waals surface area (Å²) in [7, 11) is 0. The number of aromatic hydroxyl groups is 1. The molecule has 0 atom stereocenters. The molecule has 0 amide bonds. The number of phenols is 1. The molecule has 0 bridgehead atoms. The lowest BCUT2D eigenvalue weighted by molar-refractivity contribution is 0.430. The zero-order chi connectivity index (χ0) is 13.6. The summed E-state index contributed by atoms with van der Waals surface area (Å²) in [4.78, 5) is 4.38. The molecule has 0 unspecified atom stereocenters. The Morgan fingerprint density at radius 2 is 2.00 bits per heavy atom. The predicted molar refractivity (Wildman–Crippen MR) is 78.6 cm³/mol. The van der Waals surface area contributed by atoms with E-state index in [0.29, 0.717) is 5.75 Å². The Labute approximate surface area is 111 Å². The van der Waals surface area contributed by atoms with Gasteiger partial charge in [-0.05, 0) is 36.0 Å². The number of hydrogen-bond acceptors (Lipinski definition) is 2. The number of phenolic OH excluding ortho intramolecular Hbond substituents is 1. The maximum atomic E-state index is 9.93. The van der Waals surface area contributed by atoms with E-state index in [1.807, 2.05) is 12.1 Å². The summed E-state index contributed by atoms with van der Waals surface area (Å²) in [5, 5.41) is 9.93. The molecule has 0 saturated heterocycles. The van der Waals surface area contributed by atoms with Gasteiger partial charge in [0, 0.05) is 18.3 Å². The van der Waals surface area contributed by atoms with Crippen molar-refractivity contribution in [2.24, 2.45) is 10.4 Å². The zero-order valence-electron chi connectivity index (χ0n) is 12.0. The topological polar surface area (TPSA) is 32.6 Å². The third-order valence-electron chi connectivity index (χ3n) is 2.71. The Morgan fingerprint density at radius 1 is 1.28 bits per heavy atom. The lowest BCUT2D eigenvalue weighted by Gasteiger charge is -2.13. The number of rotatable bonds is 5. The third-order valence-corrected chi connectivity index (χ3v) is 2.71. The van der Waals surface area contributed by atoms with Crippen LogP contribution >= 0.6 is 0 Å². The van der Waals surface area contributed by atoms with Crippen LogP contribution in [-0.2, 0) is 6.42 Å². The van der Waals surface area contributed by atoms with Crippen LogP contribution < -0.4 is 0 Å². The van der Waals surface area contributed by atoms with Gasteiger partial charge in [-0.2, -0.15) is 0 Å². The number of aryl methyl sites for hydroxylation is 1. The molecule has 1 aromatic rings. The molecule has 2 heteroatoms. The van der Waals surface area contributed by atoms with Crippen LogP contribution in [0, 0.1) is 5.41 Å². The average molecular weight is 247 g/mol. The number of hydrogen-bond donors (Lipinski definition) is 1. The molecule has 100 valence electrons. The maximum absolute atomic E-state index is 9.93. The highest BCUT2D eigenvalue weighted by molar-refractivity contribution is 5.83. The van der Waals surface area contributed by atoms with Crippen molar-refractivity contribution in [2.75, 3.05) is 6.54 Å². The van der Waals surface area contributed by atoms with Crippen molar-refractivity contribution in [3.63, 3.8) is 0 Å². The second-order valence-electron chi connectivity index (χ2n) is 6.03. The van der Waals surface area contributed by atoms with Gasteiger partial charge >= 0.3 is 0 Å². The molecule has 0 spiro atoms. The minimum atomic E-state index is 0.188. The largest absolute Gasteiger partial charge is 0.507 e. The van der Waals surface area contributed by atoms with Crippen molar-refractivity contribution in [1.82, 2.24) is 0 Å². The molecule has 2 nitrogen and oxygen atoms in total. The van der Waals surface area contributed by atoms with Crippen LogP contribution in [0.3, 0.4) is 0 Å². The molecule has 1 N–H and O–H groups in total. The van der Waals surface area contributed by atoms with E-state index < -0.39 is 0 Å². The smallest absolute Gasteiger partial charge is 0.124 e. The highest BCUT2D eigenvalue weighted by Crippen LogP contribution is 2.19. The summed E-state index contributed by atoms with van der Waals surface area (Å²) in [6, 6.07) is 5.88. The fourth-order valence-electron chi connectivity index (χ4n) is 1.65. The number of nitrogens with zero attached hydrogens (tertiary/aromatic N) is 1. The molecule has 18 heavy (non-hydrogen) atoms. The normalized spacial score (nSPS) is 12.2. The van der Waals surface area contributed by atoms with E-state index in [-0.39, 0.29) is 5.41 Å². The molecule has 0 fully saturated rings. The lowest BCUT2D eigenvalue weighted by atomic mass is 9.97. The van der Waals surface area contributed by atoms with Crippen LogP contribution in [-0.4, -0.2) is 17.9 Å². The van der Waals surface area contributed by atoms with E-state index in [2.05, 4.69) is 38.8 Å². The molecule has 0 aromatic heterocycles. The Bertz CT molecular complexity index is 402. The Morgan fingerprint density at radius 3 is 2.56 bits per heavy atom. The van der Waals surface area contributed by atoms with Gasteiger partial charge in [0.05, 0.1) is 0 Å². The predicted octanol–water partition coefficient (Wildman–Crippen LogP) is 4.20. The standard InChI is InChI=1S/C16H25NO/c1-5-6-7-13-8-9-14(15(18)10-13)11-17-12-16(2,3)4/h8-11,18H,5-7,12H2,1-4H3. The minimum absolute atomic E-state index is 0.188. The van der Waals surface area contributed by atoms with Crippen molar-refractivity contribution in [3.05, 3.63) is 29.3 Å². The highest BCUT2D eigenvalue weighted by atomic mass is 16.3. The van der Waals surface area contributed by atoms with Gasteiger partial charge in [-0.1, -0.05) is 40.2 Å². The second kappa shape index (κ2) is 6.58. The van der Waals surface area contributed by atoms with E-state index in [4.69, 9.17) is 0 Å². The molecule has 0 aliphatic carbocycles. The lowest BCUT2D eigenvalue weighted by Crippen LogP contribution is -2.09. The van der Waals surface area contributed by atoms with Gasteiger partial charge in [0.25, 0.3) is 0 Å². The van der Waals surface area contributed by atoms with Gasteiger partial charge in [-0.3, -0.25) is 4.99 Å². The van der Waals surface area contributed by atoms with Crippen LogP contribution in [0.15, 0.2) is 23.2 Å². The van der Waals surface area contributed by atoms with Crippen molar-refractivity contribution in [3.8, 4) is 5.75 Å². The quantitative estimate of drug-likeness (QED) is 0.777. The van der Waals surface area contributed by atoms with Gasteiger partial charge in [0.2, 0.25) is 0 Å². The molecule has 0 heterocycles. The summed E-state index contributed by atoms with van der Waals surface area (Å²) in [6.45, 7) is 9.39. The molecule has 1 aromatic carbocycles. The van der Waals surface area contributed by atoms with E-state index in [0.717, 1.165) is 24.9 Å². The van der Waals surface area contributed by atoms with Crippen molar-refractivity contribution in [1.29, 1.82) is 0 Å². The maximum Gasteiger partial charge on any atom is 0.124 e. The first-order chi connectivity index (χ1) is 8.42. The van der Waals surface area contributed by atoms with Gasteiger partial charge < -0.3 is 5.11 Å². The Kier molecular flexibility index (Phi) is 5.39. The average Bonchev–Trinajstić information content (AvgIpc) is 2.27. The van der Waals surface area contributed by atoms with Crippen molar-refractivity contribution < 1.29 is 5.11 Å². The van der Waals surface area contributed by atoms with Crippen LogP contribution in [0.25, 0.3) is 0 Å². The second-order valence-corrected chi connectivity index (χ2v) is 6.03. The van der Waals surface area contributed by atoms with E-state index >= 15 is 0 Å². The van der Waals surface area contributed by atoms with E-state index in [9.17, 15) is 5.11 Å².